The van der Waals surface area contributed by atoms with E-state index in [1.54, 1.807) is 6.07 Å². The molecule has 2 N–H and O–H groups in total. The molecule has 0 heterocycles. The van der Waals surface area contributed by atoms with Crippen LogP contribution in [0.2, 0.25) is 0 Å². The summed E-state index contributed by atoms with van der Waals surface area (Å²) in [6.07, 6.45) is 2.01. The van der Waals surface area contributed by atoms with Gasteiger partial charge in [0.25, 0.3) is 5.91 Å². The van der Waals surface area contributed by atoms with Crippen LogP contribution in [0.15, 0.2) is 24.3 Å². The normalized spacial score (nSPS) is 11.6. The minimum Gasteiger partial charge on any atom is -0.351 e. The molecule has 0 saturated carbocycles. The molecule has 20 heavy (non-hydrogen) atoms. The fourth-order valence-corrected chi connectivity index (χ4v) is 2.30. The number of nitrogens with one attached hydrogen (secondary N) is 2. The summed E-state index contributed by atoms with van der Waals surface area (Å²) in [6.45, 7) is 4.71. The molecule has 0 fully saturated rings. The molecule has 0 aliphatic carbocycles. The van der Waals surface area contributed by atoms with Crippen LogP contribution in [0, 0.1) is 5.92 Å². The first-order valence-electron chi connectivity index (χ1n) is 6.59. The van der Waals surface area contributed by atoms with E-state index in [1.165, 1.54) is 0 Å². The molecule has 0 aliphatic rings. The van der Waals surface area contributed by atoms with Gasteiger partial charge in [0.1, 0.15) is 0 Å². The molecule has 0 bridgehead atoms. The summed E-state index contributed by atoms with van der Waals surface area (Å²) >= 11 is 0. The second-order valence-electron chi connectivity index (χ2n) is 5.22. The van der Waals surface area contributed by atoms with E-state index in [-0.39, 0.29) is 19.0 Å². The number of sulfonamides is 1. The van der Waals surface area contributed by atoms with E-state index in [0.29, 0.717) is 11.5 Å². The van der Waals surface area contributed by atoms with Gasteiger partial charge in [0, 0.05) is 18.7 Å². The Bertz CT molecular complexity index is 553. The molecule has 6 heteroatoms. The summed E-state index contributed by atoms with van der Waals surface area (Å²) in [7, 11) is -3.21. The van der Waals surface area contributed by atoms with Crippen LogP contribution in [0.1, 0.15) is 29.8 Å². The summed E-state index contributed by atoms with van der Waals surface area (Å²) in [6, 6.07) is 7.49. The Kier molecular flexibility index (Phi) is 6.16. The zero-order valence-corrected chi connectivity index (χ0v) is 13.0. The summed E-state index contributed by atoms with van der Waals surface area (Å²) in [4.78, 5) is 11.9. The minimum absolute atomic E-state index is 0.189. The Morgan fingerprint density at radius 3 is 2.55 bits per heavy atom. The average molecular weight is 298 g/mol. The largest absolute Gasteiger partial charge is 0.351 e. The molecule has 5 nitrogen and oxygen atoms in total. The number of rotatable bonds is 7. The molecular formula is C14H22N2O3S. The quantitative estimate of drug-likeness (QED) is 0.742. The molecule has 0 aromatic heterocycles. The third-order valence-electron chi connectivity index (χ3n) is 2.61. The smallest absolute Gasteiger partial charge is 0.251 e. The SMILES string of the molecule is CC(C)Cc1cccc(C(=O)NCCNS(C)(=O)=O)c1. The highest BCUT2D eigenvalue weighted by atomic mass is 32.2. The van der Waals surface area contributed by atoms with Crippen LogP contribution in [0.5, 0.6) is 0 Å². The molecule has 1 aromatic carbocycles. The highest BCUT2D eigenvalue weighted by molar-refractivity contribution is 7.88. The van der Waals surface area contributed by atoms with Gasteiger partial charge >= 0.3 is 0 Å². The van der Waals surface area contributed by atoms with Gasteiger partial charge in [0.2, 0.25) is 10.0 Å². The molecular weight excluding hydrogens is 276 g/mol. The zero-order valence-electron chi connectivity index (χ0n) is 12.1. The van der Waals surface area contributed by atoms with Crippen molar-refractivity contribution in [3.63, 3.8) is 0 Å². The van der Waals surface area contributed by atoms with E-state index in [1.807, 2.05) is 18.2 Å². The summed E-state index contributed by atoms with van der Waals surface area (Å²) in [5.74, 6) is 0.346. The van der Waals surface area contributed by atoms with Crippen LogP contribution in [-0.2, 0) is 16.4 Å². The van der Waals surface area contributed by atoms with E-state index >= 15 is 0 Å². The number of amides is 1. The lowest BCUT2D eigenvalue weighted by atomic mass is 10.0. The molecule has 0 saturated heterocycles. The predicted molar refractivity (Wildman–Crippen MR) is 80.2 cm³/mol. The van der Waals surface area contributed by atoms with Crippen molar-refractivity contribution in [1.29, 1.82) is 0 Å². The van der Waals surface area contributed by atoms with Crippen molar-refractivity contribution in [2.45, 2.75) is 20.3 Å². The molecule has 0 radical (unpaired) electrons. The van der Waals surface area contributed by atoms with Crippen molar-refractivity contribution in [2.24, 2.45) is 5.92 Å². The van der Waals surface area contributed by atoms with Crippen molar-refractivity contribution in [3.8, 4) is 0 Å². The van der Waals surface area contributed by atoms with E-state index in [2.05, 4.69) is 23.9 Å². The summed E-state index contributed by atoms with van der Waals surface area (Å²) in [5.41, 5.74) is 1.73. The monoisotopic (exact) mass is 298 g/mol. The molecule has 1 amide bonds. The number of carbonyl (C=O) groups excluding carboxylic acids is 1. The van der Waals surface area contributed by atoms with Crippen LogP contribution >= 0.6 is 0 Å². The van der Waals surface area contributed by atoms with Crippen LogP contribution in [-0.4, -0.2) is 33.7 Å². The first-order chi connectivity index (χ1) is 9.28. The molecule has 1 aromatic rings. The van der Waals surface area contributed by atoms with Crippen LogP contribution in [0.3, 0.4) is 0 Å². The molecule has 0 spiro atoms. The molecule has 112 valence electrons. The van der Waals surface area contributed by atoms with Crippen LogP contribution < -0.4 is 10.0 Å². The maximum atomic E-state index is 11.9. The molecule has 0 unspecified atom stereocenters. The Labute approximate surface area is 120 Å². The van der Waals surface area contributed by atoms with Crippen LogP contribution in [0.25, 0.3) is 0 Å². The molecule has 0 aliphatic heterocycles. The lowest BCUT2D eigenvalue weighted by molar-refractivity contribution is 0.0954. The highest BCUT2D eigenvalue weighted by Crippen LogP contribution is 2.10. The van der Waals surface area contributed by atoms with Gasteiger partial charge in [-0.05, 0) is 30.0 Å². The average Bonchev–Trinajstić information content (AvgIpc) is 2.32. The lowest BCUT2D eigenvalue weighted by Gasteiger charge is -2.08. The van der Waals surface area contributed by atoms with Crippen molar-refractivity contribution in [3.05, 3.63) is 35.4 Å². The number of carbonyl (C=O) groups is 1. The standard InChI is InChI=1S/C14H22N2O3S/c1-11(2)9-12-5-4-6-13(10-12)14(17)15-7-8-16-20(3,18)19/h4-6,10-11,16H,7-9H2,1-3H3,(H,15,17). The summed E-state index contributed by atoms with van der Waals surface area (Å²) < 4.78 is 24.1. The van der Waals surface area contributed by atoms with Crippen molar-refractivity contribution in [1.82, 2.24) is 10.0 Å². The Morgan fingerprint density at radius 1 is 1.25 bits per heavy atom. The molecule has 1 rings (SSSR count). The summed E-state index contributed by atoms with van der Waals surface area (Å²) in [5, 5.41) is 2.69. The Morgan fingerprint density at radius 2 is 1.95 bits per heavy atom. The predicted octanol–water partition coefficient (Wildman–Crippen LogP) is 1.16. The number of hydrogen-bond acceptors (Lipinski definition) is 3. The highest BCUT2D eigenvalue weighted by Gasteiger charge is 2.07. The number of benzene rings is 1. The van der Waals surface area contributed by atoms with Crippen molar-refractivity contribution >= 4 is 15.9 Å². The van der Waals surface area contributed by atoms with Gasteiger partial charge in [0.05, 0.1) is 6.26 Å². The van der Waals surface area contributed by atoms with E-state index < -0.39 is 10.0 Å². The fourth-order valence-electron chi connectivity index (χ4n) is 1.83. The number of hydrogen-bond donors (Lipinski definition) is 2. The first-order valence-corrected chi connectivity index (χ1v) is 8.49. The van der Waals surface area contributed by atoms with E-state index in [9.17, 15) is 13.2 Å². The van der Waals surface area contributed by atoms with Gasteiger partial charge in [0.15, 0.2) is 0 Å². The van der Waals surface area contributed by atoms with Gasteiger partial charge in [-0.25, -0.2) is 13.1 Å². The van der Waals surface area contributed by atoms with Gasteiger partial charge < -0.3 is 5.32 Å². The second-order valence-corrected chi connectivity index (χ2v) is 7.05. The van der Waals surface area contributed by atoms with Crippen molar-refractivity contribution in [2.75, 3.05) is 19.3 Å². The van der Waals surface area contributed by atoms with Gasteiger partial charge in [-0.3, -0.25) is 4.79 Å². The topological polar surface area (TPSA) is 75.3 Å². The molecule has 0 atom stereocenters. The fraction of sp³-hybridized carbons (Fsp3) is 0.500. The van der Waals surface area contributed by atoms with Gasteiger partial charge in [-0.15, -0.1) is 0 Å². The zero-order chi connectivity index (χ0) is 15.2. The van der Waals surface area contributed by atoms with Crippen LogP contribution in [0.4, 0.5) is 0 Å². The maximum absolute atomic E-state index is 11.9. The van der Waals surface area contributed by atoms with Gasteiger partial charge in [-0.2, -0.15) is 0 Å². The third kappa shape index (κ3) is 6.68. The van der Waals surface area contributed by atoms with Gasteiger partial charge in [-0.1, -0.05) is 26.0 Å². The van der Waals surface area contributed by atoms with E-state index in [0.717, 1.165) is 18.2 Å². The maximum Gasteiger partial charge on any atom is 0.251 e. The minimum atomic E-state index is -3.21. The second kappa shape index (κ2) is 7.40. The third-order valence-corrected chi connectivity index (χ3v) is 3.34. The Hall–Kier alpha value is -1.40. The first kappa shape index (κ1) is 16.7. The van der Waals surface area contributed by atoms with Crippen molar-refractivity contribution < 1.29 is 13.2 Å². The Balaban J connectivity index is 2.51. The lowest BCUT2D eigenvalue weighted by Crippen LogP contribution is -2.34. The van der Waals surface area contributed by atoms with E-state index in [4.69, 9.17) is 0 Å².